The zero-order valence-electron chi connectivity index (χ0n) is 23.3. The Bertz CT molecular complexity index is 1810. The summed E-state index contributed by atoms with van der Waals surface area (Å²) in [5.74, 6) is 1.69. The molecular formula is C38H28Br2O2. The molecule has 0 aromatic heterocycles. The van der Waals surface area contributed by atoms with Crippen LogP contribution in [0.25, 0.3) is 57.0 Å². The Labute approximate surface area is 263 Å². The van der Waals surface area contributed by atoms with Crippen LogP contribution in [0.4, 0.5) is 0 Å². The molecule has 0 radical (unpaired) electrons. The molecule has 2 nitrogen and oxygen atoms in total. The Balaban J connectivity index is 1.59. The van der Waals surface area contributed by atoms with Gasteiger partial charge < -0.3 is 9.47 Å². The summed E-state index contributed by atoms with van der Waals surface area (Å²) in [5.41, 5.74) is 6.92. The lowest BCUT2D eigenvalue weighted by atomic mass is 9.86. The molecule has 0 bridgehead atoms. The summed E-state index contributed by atoms with van der Waals surface area (Å²) in [5, 5.41) is 4.76. The van der Waals surface area contributed by atoms with Crippen LogP contribution in [0.15, 0.2) is 118 Å². The lowest BCUT2D eigenvalue weighted by molar-refractivity contribution is 0.414. The van der Waals surface area contributed by atoms with Crippen LogP contribution in [0, 0.1) is 0 Å². The lowest BCUT2D eigenvalue weighted by Crippen LogP contribution is -1.92. The van der Waals surface area contributed by atoms with Crippen molar-refractivity contribution in [2.45, 2.75) is 0 Å². The number of methoxy groups -OCH3 is 2. The van der Waals surface area contributed by atoms with E-state index in [1.807, 2.05) is 24.3 Å². The van der Waals surface area contributed by atoms with Gasteiger partial charge >= 0.3 is 0 Å². The van der Waals surface area contributed by atoms with Gasteiger partial charge in [0.15, 0.2) is 0 Å². The van der Waals surface area contributed by atoms with Gasteiger partial charge in [-0.1, -0.05) is 117 Å². The topological polar surface area (TPSA) is 18.5 Å². The van der Waals surface area contributed by atoms with Crippen molar-refractivity contribution in [3.8, 4) is 22.6 Å². The van der Waals surface area contributed by atoms with Crippen LogP contribution in [0.3, 0.4) is 0 Å². The van der Waals surface area contributed by atoms with Crippen molar-refractivity contribution in [1.82, 2.24) is 0 Å². The SMILES string of the molecule is COc1ccc(/C=C/c2ccc3cc(Br)ccc3c2-c2c(/C=C/c3ccc(OC)cc3)ccc3cc(Br)ccc23)cc1. The largest absolute Gasteiger partial charge is 0.497 e. The van der Waals surface area contributed by atoms with Crippen LogP contribution in [-0.4, -0.2) is 14.2 Å². The third-order valence-electron chi connectivity index (χ3n) is 7.42. The summed E-state index contributed by atoms with van der Waals surface area (Å²) in [6, 6.07) is 38.1. The molecule has 4 heteroatoms. The van der Waals surface area contributed by atoms with Crippen LogP contribution in [0.5, 0.6) is 11.5 Å². The maximum Gasteiger partial charge on any atom is 0.118 e. The van der Waals surface area contributed by atoms with E-state index in [2.05, 4.69) is 141 Å². The van der Waals surface area contributed by atoms with Gasteiger partial charge in [-0.05, 0) is 103 Å². The second-order valence-corrected chi connectivity index (χ2v) is 11.8. The lowest BCUT2D eigenvalue weighted by Gasteiger charge is -2.17. The second-order valence-electron chi connectivity index (χ2n) is 10.0. The standard InChI is InChI=1S/C38H28Br2O2/c1-41-33-17-5-25(6-18-33)3-9-27-11-13-29-23-31(39)15-21-35(29)37(27)38-28(10-4-26-7-19-34(42-2)20-8-26)12-14-30-24-32(40)16-22-36(30)38/h3-24H,1-2H3/b9-3+,10-4+. The number of benzene rings is 6. The molecule has 0 aliphatic carbocycles. The van der Waals surface area contributed by atoms with Gasteiger partial charge in [-0.2, -0.15) is 0 Å². The predicted molar refractivity (Wildman–Crippen MR) is 186 cm³/mol. The second kappa shape index (κ2) is 12.4. The summed E-state index contributed by atoms with van der Waals surface area (Å²) in [6.07, 6.45) is 8.76. The normalized spacial score (nSPS) is 11.6. The third-order valence-corrected chi connectivity index (χ3v) is 8.41. The zero-order chi connectivity index (χ0) is 29.1. The summed E-state index contributed by atoms with van der Waals surface area (Å²) in [6.45, 7) is 0. The molecule has 0 N–H and O–H groups in total. The molecule has 0 atom stereocenters. The van der Waals surface area contributed by atoms with Crippen LogP contribution in [0.2, 0.25) is 0 Å². The maximum atomic E-state index is 5.35. The number of rotatable bonds is 7. The Morgan fingerprint density at radius 1 is 0.452 bits per heavy atom. The first-order valence-electron chi connectivity index (χ1n) is 13.6. The average molecular weight is 676 g/mol. The van der Waals surface area contributed by atoms with Gasteiger partial charge in [0, 0.05) is 8.95 Å². The number of halogens is 2. The molecule has 0 unspecified atom stereocenters. The highest BCUT2D eigenvalue weighted by atomic mass is 79.9. The third kappa shape index (κ3) is 5.92. The molecule has 42 heavy (non-hydrogen) atoms. The van der Waals surface area contributed by atoms with Gasteiger partial charge in [-0.25, -0.2) is 0 Å². The van der Waals surface area contributed by atoms with Gasteiger partial charge in [0.05, 0.1) is 14.2 Å². The van der Waals surface area contributed by atoms with E-state index in [4.69, 9.17) is 9.47 Å². The van der Waals surface area contributed by atoms with E-state index in [1.54, 1.807) is 14.2 Å². The Morgan fingerprint density at radius 2 is 0.857 bits per heavy atom. The summed E-state index contributed by atoms with van der Waals surface area (Å²) >= 11 is 7.36. The molecule has 6 aromatic rings. The van der Waals surface area contributed by atoms with Crippen molar-refractivity contribution in [3.05, 3.63) is 140 Å². The van der Waals surface area contributed by atoms with E-state index in [9.17, 15) is 0 Å². The molecule has 0 amide bonds. The molecule has 6 aromatic carbocycles. The van der Waals surface area contributed by atoms with Crippen molar-refractivity contribution in [3.63, 3.8) is 0 Å². The Morgan fingerprint density at radius 3 is 1.24 bits per heavy atom. The molecule has 6 rings (SSSR count). The van der Waals surface area contributed by atoms with Gasteiger partial charge in [-0.15, -0.1) is 0 Å². The molecule has 0 aliphatic rings. The van der Waals surface area contributed by atoms with Gasteiger partial charge in [0.2, 0.25) is 0 Å². The minimum Gasteiger partial charge on any atom is -0.497 e. The highest BCUT2D eigenvalue weighted by molar-refractivity contribution is 9.10. The monoisotopic (exact) mass is 674 g/mol. The van der Waals surface area contributed by atoms with Crippen molar-refractivity contribution < 1.29 is 9.47 Å². The summed E-state index contributed by atoms with van der Waals surface area (Å²) in [4.78, 5) is 0. The number of hydrogen-bond acceptors (Lipinski definition) is 2. The highest BCUT2D eigenvalue weighted by Gasteiger charge is 2.16. The quantitative estimate of drug-likeness (QED) is 0.157. The van der Waals surface area contributed by atoms with Gasteiger partial charge in [0.1, 0.15) is 11.5 Å². The van der Waals surface area contributed by atoms with Crippen LogP contribution < -0.4 is 9.47 Å². The Kier molecular flexibility index (Phi) is 8.27. The average Bonchev–Trinajstić information content (AvgIpc) is 3.02. The van der Waals surface area contributed by atoms with E-state index in [-0.39, 0.29) is 0 Å². The molecular weight excluding hydrogens is 648 g/mol. The van der Waals surface area contributed by atoms with Crippen molar-refractivity contribution in [2.75, 3.05) is 14.2 Å². The number of ether oxygens (including phenoxy) is 2. The minimum atomic E-state index is 0.847. The maximum absolute atomic E-state index is 5.35. The molecule has 0 heterocycles. The van der Waals surface area contributed by atoms with Crippen molar-refractivity contribution in [1.29, 1.82) is 0 Å². The minimum absolute atomic E-state index is 0.847. The van der Waals surface area contributed by atoms with Gasteiger partial charge in [-0.3, -0.25) is 0 Å². The van der Waals surface area contributed by atoms with Crippen molar-refractivity contribution in [2.24, 2.45) is 0 Å². The first kappa shape index (κ1) is 28.0. The molecule has 206 valence electrons. The molecule has 0 saturated carbocycles. The molecule has 0 aliphatic heterocycles. The van der Waals surface area contributed by atoms with E-state index in [1.165, 1.54) is 32.7 Å². The van der Waals surface area contributed by atoms with E-state index in [0.717, 1.165) is 42.7 Å². The fourth-order valence-electron chi connectivity index (χ4n) is 5.27. The predicted octanol–water partition coefficient (Wildman–Crippen LogP) is 11.5. The molecule has 0 fully saturated rings. The van der Waals surface area contributed by atoms with E-state index >= 15 is 0 Å². The van der Waals surface area contributed by atoms with E-state index in [0.29, 0.717) is 0 Å². The summed E-state index contributed by atoms with van der Waals surface area (Å²) in [7, 11) is 3.38. The summed E-state index contributed by atoms with van der Waals surface area (Å²) < 4.78 is 12.8. The fraction of sp³-hybridized carbons (Fsp3) is 0.0526. The Hall–Kier alpha value is -4.12. The van der Waals surface area contributed by atoms with Gasteiger partial charge in [0.25, 0.3) is 0 Å². The van der Waals surface area contributed by atoms with Crippen LogP contribution in [-0.2, 0) is 0 Å². The number of hydrogen-bond donors (Lipinski definition) is 0. The first-order chi connectivity index (χ1) is 20.5. The fourth-order valence-corrected chi connectivity index (χ4v) is 6.03. The zero-order valence-corrected chi connectivity index (χ0v) is 26.4. The molecule has 0 spiro atoms. The van der Waals surface area contributed by atoms with Crippen molar-refractivity contribution >= 4 is 77.7 Å². The highest BCUT2D eigenvalue weighted by Crippen LogP contribution is 2.41. The van der Waals surface area contributed by atoms with Crippen LogP contribution >= 0.6 is 31.9 Å². The number of fused-ring (bicyclic) bond motifs is 2. The van der Waals surface area contributed by atoms with E-state index < -0.39 is 0 Å². The first-order valence-corrected chi connectivity index (χ1v) is 15.2. The van der Waals surface area contributed by atoms with Crippen LogP contribution in [0.1, 0.15) is 22.3 Å². The smallest absolute Gasteiger partial charge is 0.118 e. The molecule has 0 saturated heterocycles.